The fourth-order valence-corrected chi connectivity index (χ4v) is 1.52. The molecule has 1 atom stereocenters. The molecule has 0 aliphatic rings. The molecule has 0 saturated carbocycles. The van der Waals surface area contributed by atoms with Crippen LogP contribution in [-0.4, -0.2) is 11.1 Å². The average Bonchev–Trinajstić information content (AvgIpc) is 2.59. The Kier molecular flexibility index (Phi) is 2.40. The third-order valence-electron chi connectivity index (χ3n) is 2.28. The molecule has 2 aromatic rings. The fraction of sp³-hybridized carbons (Fsp3) is 0.182. The molecule has 0 radical (unpaired) electrons. The standard InChI is InChI=1S/C11H10FNO3/c1-5(13)9-3-6-2-7(12)4-8(11(14)15)10(6)16-9/h2-5H,13H2,1H3,(H,14,15)/t5-/m0/s1. The summed E-state index contributed by atoms with van der Waals surface area (Å²) in [7, 11) is 0. The summed E-state index contributed by atoms with van der Waals surface area (Å²) in [4.78, 5) is 10.9. The normalized spacial score (nSPS) is 12.9. The van der Waals surface area contributed by atoms with Gasteiger partial charge in [0.2, 0.25) is 0 Å². The van der Waals surface area contributed by atoms with Gasteiger partial charge in [0.25, 0.3) is 0 Å². The van der Waals surface area contributed by atoms with Gasteiger partial charge in [-0.15, -0.1) is 0 Å². The van der Waals surface area contributed by atoms with E-state index < -0.39 is 11.8 Å². The first-order valence-electron chi connectivity index (χ1n) is 4.71. The van der Waals surface area contributed by atoms with Crippen LogP contribution in [0.15, 0.2) is 22.6 Å². The topological polar surface area (TPSA) is 76.5 Å². The third kappa shape index (κ3) is 1.65. The van der Waals surface area contributed by atoms with Crippen molar-refractivity contribution in [3.8, 4) is 0 Å². The van der Waals surface area contributed by atoms with Crippen molar-refractivity contribution in [2.45, 2.75) is 13.0 Å². The highest BCUT2D eigenvalue weighted by Crippen LogP contribution is 2.27. The van der Waals surface area contributed by atoms with Gasteiger partial charge in [0.15, 0.2) is 0 Å². The van der Waals surface area contributed by atoms with Crippen LogP contribution in [-0.2, 0) is 0 Å². The van der Waals surface area contributed by atoms with Crippen LogP contribution in [0.1, 0.15) is 29.1 Å². The van der Waals surface area contributed by atoms with E-state index >= 15 is 0 Å². The van der Waals surface area contributed by atoms with Gasteiger partial charge in [-0.25, -0.2) is 9.18 Å². The molecule has 4 nitrogen and oxygen atoms in total. The molecule has 0 amide bonds. The van der Waals surface area contributed by atoms with Gasteiger partial charge in [0.1, 0.15) is 22.7 Å². The first-order valence-corrected chi connectivity index (χ1v) is 4.71. The predicted octanol–water partition coefficient (Wildman–Crippen LogP) is 2.29. The number of carboxylic acid groups (broad SMARTS) is 1. The fourth-order valence-electron chi connectivity index (χ4n) is 1.52. The highest BCUT2D eigenvalue weighted by molar-refractivity contribution is 6.01. The van der Waals surface area contributed by atoms with Crippen molar-refractivity contribution in [2.75, 3.05) is 0 Å². The number of furan rings is 1. The second kappa shape index (κ2) is 3.61. The van der Waals surface area contributed by atoms with Gasteiger partial charge in [0, 0.05) is 5.39 Å². The molecular weight excluding hydrogens is 213 g/mol. The lowest BCUT2D eigenvalue weighted by atomic mass is 10.1. The van der Waals surface area contributed by atoms with Crippen LogP contribution in [0.4, 0.5) is 4.39 Å². The zero-order chi connectivity index (χ0) is 11.9. The minimum atomic E-state index is -1.23. The molecular formula is C11H10FNO3. The number of carboxylic acids is 1. The molecule has 0 saturated heterocycles. The number of hydrogen-bond donors (Lipinski definition) is 2. The van der Waals surface area contributed by atoms with Crippen molar-refractivity contribution in [2.24, 2.45) is 5.73 Å². The Morgan fingerprint density at radius 1 is 1.50 bits per heavy atom. The molecule has 1 aromatic heterocycles. The molecule has 0 aliphatic carbocycles. The molecule has 0 spiro atoms. The van der Waals surface area contributed by atoms with Crippen LogP contribution in [0.25, 0.3) is 11.0 Å². The van der Waals surface area contributed by atoms with Crippen LogP contribution in [0, 0.1) is 5.82 Å². The molecule has 16 heavy (non-hydrogen) atoms. The zero-order valence-electron chi connectivity index (χ0n) is 8.53. The smallest absolute Gasteiger partial charge is 0.339 e. The number of fused-ring (bicyclic) bond motifs is 1. The van der Waals surface area contributed by atoms with Crippen LogP contribution >= 0.6 is 0 Å². The van der Waals surface area contributed by atoms with Gasteiger partial charge in [-0.05, 0) is 25.1 Å². The highest BCUT2D eigenvalue weighted by atomic mass is 19.1. The first kappa shape index (κ1) is 10.6. The molecule has 0 bridgehead atoms. The van der Waals surface area contributed by atoms with E-state index in [1.165, 1.54) is 6.07 Å². The Morgan fingerprint density at radius 2 is 2.19 bits per heavy atom. The summed E-state index contributed by atoms with van der Waals surface area (Å²) in [6.45, 7) is 1.70. The molecule has 1 heterocycles. The Hall–Kier alpha value is -1.88. The minimum absolute atomic E-state index is 0.154. The molecule has 2 rings (SSSR count). The van der Waals surface area contributed by atoms with Crippen molar-refractivity contribution < 1.29 is 18.7 Å². The Balaban J connectivity index is 2.75. The first-order chi connectivity index (χ1) is 7.49. The lowest BCUT2D eigenvalue weighted by molar-refractivity contribution is 0.0697. The molecule has 0 unspecified atom stereocenters. The summed E-state index contributed by atoms with van der Waals surface area (Å²) >= 11 is 0. The van der Waals surface area contributed by atoms with E-state index in [4.69, 9.17) is 15.3 Å². The maximum atomic E-state index is 13.1. The predicted molar refractivity (Wildman–Crippen MR) is 55.7 cm³/mol. The Bertz CT molecular complexity index is 560. The Morgan fingerprint density at radius 3 is 2.75 bits per heavy atom. The van der Waals surface area contributed by atoms with E-state index in [0.29, 0.717) is 11.1 Å². The van der Waals surface area contributed by atoms with E-state index in [2.05, 4.69) is 0 Å². The number of aromatic carboxylic acids is 1. The second-order valence-corrected chi connectivity index (χ2v) is 3.61. The molecule has 5 heteroatoms. The van der Waals surface area contributed by atoms with E-state index in [9.17, 15) is 9.18 Å². The number of benzene rings is 1. The van der Waals surface area contributed by atoms with Gasteiger partial charge < -0.3 is 15.3 Å². The highest BCUT2D eigenvalue weighted by Gasteiger charge is 2.16. The number of nitrogens with two attached hydrogens (primary N) is 1. The van der Waals surface area contributed by atoms with Crippen molar-refractivity contribution in [3.63, 3.8) is 0 Å². The number of hydrogen-bond acceptors (Lipinski definition) is 3. The maximum absolute atomic E-state index is 13.1. The zero-order valence-corrected chi connectivity index (χ0v) is 8.53. The quantitative estimate of drug-likeness (QED) is 0.818. The van der Waals surface area contributed by atoms with Gasteiger partial charge in [-0.1, -0.05) is 0 Å². The van der Waals surface area contributed by atoms with Crippen molar-refractivity contribution in [1.82, 2.24) is 0 Å². The summed E-state index contributed by atoms with van der Waals surface area (Å²) in [5.41, 5.74) is 5.57. The van der Waals surface area contributed by atoms with Crippen LogP contribution in [0.2, 0.25) is 0 Å². The van der Waals surface area contributed by atoms with Gasteiger partial charge >= 0.3 is 5.97 Å². The monoisotopic (exact) mass is 223 g/mol. The van der Waals surface area contributed by atoms with Crippen molar-refractivity contribution in [1.29, 1.82) is 0 Å². The average molecular weight is 223 g/mol. The van der Waals surface area contributed by atoms with Crippen LogP contribution < -0.4 is 5.73 Å². The Labute approximate surface area is 90.5 Å². The lowest BCUT2D eigenvalue weighted by Gasteiger charge is -1.98. The lowest BCUT2D eigenvalue weighted by Crippen LogP contribution is -2.02. The van der Waals surface area contributed by atoms with E-state index in [-0.39, 0.29) is 17.2 Å². The summed E-state index contributed by atoms with van der Waals surface area (Å²) in [6, 6.07) is 3.34. The molecule has 3 N–H and O–H groups in total. The minimum Gasteiger partial charge on any atom is -0.478 e. The van der Waals surface area contributed by atoms with E-state index in [0.717, 1.165) is 6.07 Å². The molecule has 1 aromatic carbocycles. The second-order valence-electron chi connectivity index (χ2n) is 3.61. The summed E-state index contributed by atoms with van der Waals surface area (Å²) in [5.74, 6) is -1.40. The summed E-state index contributed by atoms with van der Waals surface area (Å²) < 4.78 is 18.4. The third-order valence-corrected chi connectivity index (χ3v) is 2.28. The largest absolute Gasteiger partial charge is 0.478 e. The van der Waals surface area contributed by atoms with Gasteiger partial charge in [-0.2, -0.15) is 0 Å². The molecule has 0 fully saturated rings. The number of carbonyl (C=O) groups is 1. The van der Waals surface area contributed by atoms with Crippen molar-refractivity contribution >= 4 is 16.9 Å². The number of halogens is 1. The number of rotatable bonds is 2. The summed E-state index contributed by atoms with van der Waals surface area (Å²) in [6.07, 6.45) is 0. The summed E-state index contributed by atoms with van der Waals surface area (Å²) in [5, 5.41) is 9.30. The molecule has 84 valence electrons. The maximum Gasteiger partial charge on any atom is 0.339 e. The van der Waals surface area contributed by atoms with Crippen molar-refractivity contribution in [3.05, 3.63) is 35.3 Å². The van der Waals surface area contributed by atoms with Gasteiger partial charge in [0.05, 0.1) is 6.04 Å². The van der Waals surface area contributed by atoms with Crippen LogP contribution in [0.3, 0.4) is 0 Å². The van der Waals surface area contributed by atoms with Crippen LogP contribution in [0.5, 0.6) is 0 Å². The van der Waals surface area contributed by atoms with E-state index in [1.54, 1.807) is 13.0 Å². The van der Waals surface area contributed by atoms with Gasteiger partial charge in [-0.3, -0.25) is 0 Å². The molecule has 0 aliphatic heterocycles. The SMILES string of the molecule is C[C@H](N)c1cc2cc(F)cc(C(=O)O)c2o1. The van der Waals surface area contributed by atoms with E-state index in [1.807, 2.05) is 0 Å².